The van der Waals surface area contributed by atoms with Crippen LogP contribution >= 0.6 is 0 Å². The molecule has 0 spiro atoms. The first kappa shape index (κ1) is 29.3. The lowest BCUT2D eigenvalue weighted by Gasteiger charge is -2.11. The Morgan fingerprint density at radius 2 is 1.24 bits per heavy atom. The minimum Gasteiger partial charge on any atom is -0.352 e. The Morgan fingerprint density at radius 1 is 0.697 bits per heavy atom. The maximum absolute atomic E-state index is 10.2. The molecule has 0 aliphatic rings. The van der Waals surface area contributed by atoms with Crippen LogP contribution in [0, 0.1) is 0 Å². The number of unbranched alkanes of at least 4 members (excludes halogenated alkanes) is 12. The summed E-state index contributed by atoms with van der Waals surface area (Å²) in [4.78, 5) is 10.2. The number of hydrogen-bond donors (Lipinski definition) is 0. The summed E-state index contributed by atoms with van der Waals surface area (Å²) in [6, 6.07) is 10.2. The zero-order valence-corrected chi connectivity index (χ0v) is 21.1. The van der Waals surface area contributed by atoms with E-state index in [0.29, 0.717) is 13.4 Å². The Balaban J connectivity index is 1.80. The molecular weight excluding hydrogens is 408 g/mol. The van der Waals surface area contributed by atoms with E-state index in [1.807, 2.05) is 18.2 Å². The lowest BCUT2D eigenvalue weighted by Crippen LogP contribution is -2.10. The molecular formula is C30H48O3. The molecule has 1 aromatic carbocycles. The summed E-state index contributed by atoms with van der Waals surface area (Å²) in [5.41, 5.74) is 1.17. The molecule has 0 bridgehead atoms. The minimum atomic E-state index is 0.181. The van der Waals surface area contributed by atoms with Gasteiger partial charge in [0.25, 0.3) is 0 Å². The third-order valence-electron chi connectivity index (χ3n) is 5.79. The summed E-state index contributed by atoms with van der Waals surface area (Å²) >= 11 is 0. The molecule has 1 atom stereocenters. The van der Waals surface area contributed by atoms with E-state index in [1.54, 1.807) is 0 Å². The third kappa shape index (κ3) is 20.6. The first-order valence-electron chi connectivity index (χ1n) is 13.3. The minimum absolute atomic E-state index is 0.181. The van der Waals surface area contributed by atoms with Crippen LogP contribution in [0.2, 0.25) is 0 Å². The second kappa shape index (κ2) is 23.4. The zero-order valence-electron chi connectivity index (χ0n) is 21.1. The highest BCUT2D eigenvalue weighted by molar-refractivity contribution is 5.48. The Kier molecular flexibility index (Phi) is 20.8. The van der Waals surface area contributed by atoms with Gasteiger partial charge in [-0.25, -0.2) is 0 Å². The van der Waals surface area contributed by atoms with E-state index in [4.69, 9.17) is 9.47 Å². The summed E-state index contributed by atoms with van der Waals surface area (Å²) in [6.07, 6.45) is 28.6. The van der Waals surface area contributed by atoms with Crippen LogP contribution in [0.4, 0.5) is 0 Å². The van der Waals surface area contributed by atoms with Crippen LogP contribution in [0.3, 0.4) is 0 Å². The molecule has 0 unspecified atom stereocenters. The SMILES string of the molecule is C[C@H](C/C=C/CC/C=C/CCCCCCCCCCCCC=O)OCOCc1ccccc1. The number of rotatable bonds is 23. The summed E-state index contributed by atoms with van der Waals surface area (Å²) in [5.74, 6) is 0. The average molecular weight is 457 g/mol. The number of carbonyl (C=O) groups excluding carboxylic acids is 1. The Morgan fingerprint density at radius 3 is 1.88 bits per heavy atom. The van der Waals surface area contributed by atoms with Gasteiger partial charge in [0, 0.05) is 6.42 Å². The fourth-order valence-electron chi connectivity index (χ4n) is 3.70. The van der Waals surface area contributed by atoms with Gasteiger partial charge in [0.15, 0.2) is 0 Å². The average Bonchev–Trinajstić information content (AvgIpc) is 2.84. The summed E-state index contributed by atoms with van der Waals surface area (Å²) in [7, 11) is 0. The smallest absolute Gasteiger partial charge is 0.147 e. The molecule has 0 saturated heterocycles. The maximum atomic E-state index is 10.2. The van der Waals surface area contributed by atoms with Crippen molar-refractivity contribution in [3.05, 3.63) is 60.2 Å². The number of ether oxygens (including phenoxy) is 2. The van der Waals surface area contributed by atoms with Crippen LogP contribution in [0.15, 0.2) is 54.6 Å². The molecule has 0 aliphatic carbocycles. The number of allylic oxidation sites excluding steroid dienone is 3. The molecule has 3 nitrogen and oxygen atoms in total. The number of benzene rings is 1. The molecule has 3 heteroatoms. The molecule has 0 saturated carbocycles. The second-order valence-electron chi connectivity index (χ2n) is 8.96. The summed E-state index contributed by atoms with van der Waals surface area (Å²) in [5, 5.41) is 0. The monoisotopic (exact) mass is 456 g/mol. The van der Waals surface area contributed by atoms with Crippen molar-refractivity contribution in [2.24, 2.45) is 0 Å². The van der Waals surface area contributed by atoms with Crippen molar-refractivity contribution in [2.75, 3.05) is 6.79 Å². The normalized spacial score (nSPS) is 12.6. The molecule has 0 N–H and O–H groups in total. The fraction of sp³-hybridized carbons (Fsp3) is 0.633. The molecule has 0 fully saturated rings. The molecule has 33 heavy (non-hydrogen) atoms. The molecule has 0 aliphatic heterocycles. The Bertz CT molecular complexity index is 594. The first-order chi connectivity index (χ1) is 16.3. The summed E-state index contributed by atoms with van der Waals surface area (Å²) < 4.78 is 11.3. The van der Waals surface area contributed by atoms with Crippen LogP contribution in [0.25, 0.3) is 0 Å². The van der Waals surface area contributed by atoms with Crippen molar-refractivity contribution in [1.82, 2.24) is 0 Å². The maximum Gasteiger partial charge on any atom is 0.147 e. The van der Waals surface area contributed by atoms with E-state index in [9.17, 15) is 4.79 Å². The van der Waals surface area contributed by atoms with Crippen molar-refractivity contribution >= 4 is 6.29 Å². The zero-order chi connectivity index (χ0) is 23.7. The van der Waals surface area contributed by atoms with Crippen molar-refractivity contribution in [2.45, 2.75) is 116 Å². The van der Waals surface area contributed by atoms with Crippen LogP contribution in [0.5, 0.6) is 0 Å². The fourth-order valence-corrected chi connectivity index (χ4v) is 3.70. The van der Waals surface area contributed by atoms with Gasteiger partial charge in [-0.1, -0.05) is 106 Å². The Labute approximate surface area is 203 Å². The van der Waals surface area contributed by atoms with Gasteiger partial charge in [-0.3, -0.25) is 0 Å². The van der Waals surface area contributed by atoms with E-state index in [2.05, 4.69) is 43.4 Å². The molecule has 186 valence electrons. The highest BCUT2D eigenvalue weighted by Gasteiger charge is 1.99. The van der Waals surface area contributed by atoms with E-state index >= 15 is 0 Å². The van der Waals surface area contributed by atoms with Crippen molar-refractivity contribution in [3.8, 4) is 0 Å². The predicted molar refractivity (Wildman–Crippen MR) is 140 cm³/mol. The Hall–Kier alpha value is -1.71. The second-order valence-corrected chi connectivity index (χ2v) is 8.96. The van der Waals surface area contributed by atoms with Crippen LogP contribution in [-0.4, -0.2) is 19.2 Å². The molecule has 0 radical (unpaired) electrons. The lowest BCUT2D eigenvalue weighted by molar-refractivity contribution is -0.107. The van der Waals surface area contributed by atoms with Gasteiger partial charge in [0.1, 0.15) is 13.1 Å². The molecule has 0 amide bonds. The summed E-state index contributed by atoms with van der Waals surface area (Å²) in [6.45, 7) is 3.03. The van der Waals surface area contributed by atoms with Gasteiger partial charge >= 0.3 is 0 Å². The highest BCUT2D eigenvalue weighted by atomic mass is 16.7. The first-order valence-corrected chi connectivity index (χ1v) is 13.3. The number of hydrogen-bond acceptors (Lipinski definition) is 3. The van der Waals surface area contributed by atoms with Crippen LogP contribution in [0.1, 0.15) is 109 Å². The predicted octanol–water partition coefficient (Wildman–Crippen LogP) is 8.73. The van der Waals surface area contributed by atoms with E-state index in [1.165, 1.54) is 69.8 Å². The van der Waals surface area contributed by atoms with Gasteiger partial charge < -0.3 is 14.3 Å². The number of carbonyl (C=O) groups is 1. The van der Waals surface area contributed by atoms with E-state index < -0.39 is 0 Å². The van der Waals surface area contributed by atoms with Crippen molar-refractivity contribution in [3.63, 3.8) is 0 Å². The van der Waals surface area contributed by atoms with Gasteiger partial charge in [0.2, 0.25) is 0 Å². The topological polar surface area (TPSA) is 35.5 Å². The van der Waals surface area contributed by atoms with Crippen LogP contribution in [-0.2, 0) is 20.9 Å². The lowest BCUT2D eigenvalue weighted by atomic mass is 10.1. The number of aldehydes is 1. The van der Waals surface area contributed by atoms with E-state index in [0.717, 1.165) is 38.4 Å². The van der Waals surface area contributed by atoms with Gasteiger partial charge in [-0.2, -0.15) is 0 Å². The standard InChI is InChI=1S/C30H48O3/c1-29(33-28-32-27-30-24-20-18-21-25-30)23-19-16-14-12-10-8-6-4-2-3-5-7-9-11-13-15-17-22-26-31/h8,10,16,18-21,24-26,29H,2-7,9,11-15,17,22-23,27-28H2,1H3/b10-8+,19-16+/t29-/m1/s1. The molecule has 1 aromatic rings. The van der Waals surface area contributed by atoms with E-state index in [-0.39, 0.29) is 6.10 Å². The van der Waals surface area contributed by atoms with Crippen LogP contribution < -0.4 is 0 Å². The van der Waals surface area contributed by atoms with Crippen molar-refractivity contribution in [1.29, 1.82) is 0 Å². The molecule has 1 rings (SSSR count). The highest BCUT2D eigenvalue weighted by Crippen LogP contribution is 2.12. The van der Waals surface area contributed by atoms with Gasteiger partial charge in [0.05, 0.1) is 12.7 Å². The molecule has 0 aromatic heterocycles. The third-order valence-corrected chi connectivity index (χ3v) is 5.79. The molecule has 0 heterocycles. The van der Waals surface area contributed by atoms with Gasteiger partial charge in [-0.05, 0) is 51.0 Å². The van der Waals surface area contributed by atoms with Crippen molar-refractivity contribution < 1.29 is 14.3 Å². The quantitative estimate of drug-likeness (QED) is 0.0714. The largest absolute Gasteiger partial charge is 0.352 e. The van der Waals surface area contributed by atoms with Gasteiger partial charge in [-0.15, -0.1) is 0 Å².